The fraction of sp³-hybridized carbons (Fsp3) is 0.381. The van der Waals surface area contributed by atoms with E-state index in [0.29, 0.717) is 17.9 Å². The van der Waals surface area contributed by atoms with Crippen LogP contribution in [0, 0.1) is 5.92 Å². The second-order valence-corrected chi connectivity index (χ2v) is 10.3. The Morgan fingerprint density at radius 1 is 1.00 bits per heavy atom. The highest BCUT2D eigenvalue weighted by atomic mass is 35.5. The van der Waals surface area contributed by atoms with E-state index in [2.05, 4.69) is 17.4 Å². The lowest BCUT2D eigenvalue weighted by molar-refractivity contribution is -0.120. The molecular formula is C21H22Cl2N2O3S. The molecule has 0 radical (unpaired) electrons. The van der Waals surface area contributed by atoms with E-state index >= 15 is 0 Å². The van der Waals surface area contributed by atoms with Crippen LogP contribution in [0.1, 0.15) is 30.4 Å². The van der Waals surface area contributed by atoms with Gasteiger partial charge in [0, 0.05) is 29.7 Å². The first kappa shape index (κ1) is 20.7. The standard InChI is InChI=1S/C21H22Cl2N2O3S/c22-17-5-7-19(23)20(13-17)29(27,28)25-10-8-15(9-11-25)21(26)24-18-6-4-14-2-1-3-16(14)12-18/h4-7,12-13,15H,1-3,8-11H2,(H,24,26). The normalized spacial score (nSPS) is 17.9. The van der Waals surface area contributed by atoms with Gasteiger partial charge >= 0.3 is 0 Å². The third-order valence-electron chi connectivity index (χ3n) is 5.70. The maximum absolute atomic E-state index is 12.9. The van der Waals surface area contributed by atoms with Gasteiger partial charge in [-0.3, -0.25) is 4.79 Å². The lowest BCUT2D eigenvalue weighted by Crippen LogP contribution is -2.41. The summed E-state index contributed by atoms with van der Waals surface area (Å²) in [5.74, 6) is -0.273. The minimum atomic E-state index is -3.74. The van der Waals surface area contributed by atoms with E-state index in [9.17, 15) is 13.2 Å². The van der Waals surface area contributed by atoms with Crippen LogP contribution in [-0.4, -0.2) is 31.7 Å². The summed E-state index contributed by atoms with van der Waals surface area (Å²) in [6, 6.07) is 10.5. The number of nitrogens with one attached hydrogen (secondary N) is 1. The van der Waals surface area contributed by atoms with Gasteiger partial charge in [-0.2, -0.15) is 4.31 Å². The Bertz CT molecular complexity index is 1050. The first-order chi connectivity index (χ1) is 13.8. The number of halogens is 2. The van der Waals surface area contributed by atoms with Crippen LogP contribution in [0.15, 0.2) is 41.3 Å². The van der Waals surface area contributed by atoms with Crippen molar-refractivity contribution in [3.05, 3.63) is 57.6 Å². The smallest absolute Gasteiger partial charge is 0.244 e. The van der Waals surface area contributed by atoms with Crippen LogP contribution in [0.3, 0.4) is 0 Å². The number of carbonyl (C=O) groups is 1. The number of nitrogens with zero attached hydrogens (tertiary/aromatic N) is 1. The number of amides is 1. The zero-order chi connectivity index (χ0) is 20.6. The molecular weight excluding hydrogens is 431 g/mol. The molecule has 2 aliphatic rings. The average Bonchev–Trinajstić information content (AvgIpc) is 3.17. The Kier molecular flexibility index (Phi) is 5.89. The van der Waals surface area contributed by atoms with Crippen molar-refractivity contribution in [3.63, 3.8) is 0 Å². The molecule has 1 saturated heterocycles. The summed E-state index contributed by atoms with van der Waals surface area (Å²) in [6.45, 7) is 0.543. The molecule has 1 fully saturated rings. The minimum absolute atomic E-state index is 0.00714. The number of carbonyl (C=O) groups excluding carboxylic acids is 1. The van der Waals surface area contributed by atoms with Crippen LogP contribution < -0.4 is 5.32 Å². The lowest BCUT2D eigenvalue weighted by atomic mass is 9.97. The van der Waals surface area contributed by atoms with Gasteiger partial charge in [0.25, 0.3) is 0 Å². The molecule has 0 saturated carbocycles. The summed E-state index contributed by atoms with van der Waals surface area (Å²) in [5.41, 5.74) is 3.49. The molecule has 0 unspecified atom stereocenters. The molecule has 1 aliphatic carbocycles. The number of fused-ring (bicyclic) bond motifs is 1. The fourth-order valence-corrected chi connectivity index (χ4v) is 6.27. The molecule has 0 aromatic heterocycles. The van der Waals surface area contributed by atoms with Crippen molar-refractivity contribution in [3.8, 4) is 0 Å². The highest BCUT2D eigenvalue weighted by Gasteiger charge is 2.33. The largest absolute Gasteiger partial charge is 0.326 e. The molecule has 2 aromatic carbocycles. The number of sulfonamides is 1. The third-order valence-corrected chi connectivity index (χ3v) is 8.32. The monoisotopic (exact) mass is 452 g/mol. The molecule has 1 N–H and O–H groups in total. The van der Waals surface area contributed by atoms with E-state index in [0.717, 1.165) is 24.9 Å². The van der Waals surface area contributed by atoms with Crippen molar-refractivity contribution in [2.75, 3.05) is 18.4 Å². The number of rotatable bonds is 4. The van der Waals surface area contributed by atoms with Crippen LogP contribution in [0.4, 0.5) is 5.69 Å². The summed E-state index contributed by atoms with van der Waals surface area (Å²) >= 11 is 12.0. The van der Waals surface area contributed by atoms with Gasteiger partial charge in [-0.05, 0) is 73.6 Å². The summed E-state index contributed by atoms with van der Waals surface area (Å²) < 4.78 is 27.2. The van der Waals surface area contributed by atoms with Crippen molar-refractivity contribution >= 4 is 44.8 Å². The zero-order valence-corrected chi connectivity index (χ0v) is 18.2. The Morgan fingerprint density at radius 2 is 1.72 bits per heavy atom. The molecule has 1 amide bonds. The number of hydrogen-bond donors (Lipinski definition) is 1. The predicted molar refractivity (Wildman–Crippen MR) is 115 cm³/mol. The number of hydrogen-bond acceptors (Lipinski definition) is 3. The molecule has 1 aliphatic heterocycles. The number of benzene rings is 2. The van der Waals surface area contributed by atoms with Crippen molar-refractivity contribution in [2.45, 2.75) is 37.0 Å². The molecule has 0 spiro atoms. The van der Waals surface area contributed by atoms with E-state index < -0.39 is 10.0 Å². The molecule has 0 atom stereocenters. The first-order valence-electron chi connectivity index (χ1n) is 9.72. The summed E-state index contributed by atoms with van der Waals surface area (Å²) in [7, 11) is -3.74. The second kappa shape index (κ2) is 8.26. The summed E-state index contributed by atoms with van der Waals surface area (Å²) in [6.07, 6.45) is 4.26. The lowest BCUT2D eigenvalue weighted by Gasteiger charge is -2.30. The predicted octanol–water partition coefficient (Wildman–Crippen LogP) is 4.52. The molecule has 0 bridgehead atoms. The maximum atomic E-state index is 12.9. The number of aryl methyl sites for hydroxylation is 2. The highest BCUT2D eigenvalue weighted by molar-refractivity contribution is 7.89. The van der Waals surface area contributed by atoms with Crippen LogP contribution in [0.5, 0.6) is 0 Å². The quantitative estimate of drug-likeness (QED) is 0.740. The second-order valence-electron chi connectivity index (χ2n) is 7.58. The van der Waals surface area contributed by atoms with Gasteiger partial charge in [-0.25, -0.2) is 8.42 Å². The van der Waals surface area contributed by atoms with Crippen LogP contribution in [0.25, 0.3) is 0 Å². The van der Waals surface area contributed by atoms with E-state index in [1.165, 1.54) is 27.6 Å². The van der Waals surface area contributed by atoms with E-state index in [4.69, 9.17) is 23.2 Å². The Balaban J connectivity index is 1.40. The Morgan fingerprint density at radius 3 is 2.48 bits per heavy atom. The van der Waals surface area contributed by atoms with Crippen molar-refractivity contribution in [2.24, 2.45) is 5.92 Å². The van der Waals surface area contributed by atoms with Gasteiger partial charge < -0.3 is 5.32 Å². The maximum Gasteiger partial charge on any atom is 0.244 e. The van der Waals surface area contributed by atoms with E-state index in [1.807, 2.05) is 6.07 Å². The Labute approximate surface area is 181 Å². The Hall–Kier alpha value is -1.60. The van der Waals surface area contributed by atoms with Crippen LogP contribution >= 0.6 is 23.2 Å². The number of anilines is 1. The molecule has 8 heteroatoms. The van der Waals surface area contributed by atoms with Gasteiger partial charge in [0.1, 0.15) is 4.90 Å². The molecule has 4 rings (SSSR count). The highest BCUT2D eigenvalue weighted by Crippen LogP contribution is 2.31. The van der Waals surface area contributed by atoms with Crippen LogP contribution in [-0.2, 0) is 27.7 Å². The first-order valence-corrected chi connectivity index (χ1v) is 11.9. The van der Waals surface area contributed by atoms with E-state index in [-0.39, 0.29) is 34.8 Å². The van der Waals surface area contributed by atoms with Gasteiger partial charge in [-0.1, -0.05) is 29.3 Å². The fourth-order valence-electron chi connectivity index (χ4n) is 4.07. The number of piperidine rings is 1. The van der Waals surface area contributed by atoms with Crippen LogP contribution in [0.2, 0.25) is 10.0 Å². The summed E-state index contributed by atoms with van der Waals surface area (Å²) in [5, 5.41) is 3.46. The molecule has 2 aromatic rings. The van der Waals surface area contributed by atoms with Crippen molar-refractivity contribution < 1.29 is 13.2 Å². The topological polar surface area (TPSA) is 66.5 Å². The molecule has 29 heavy (non-hydrogen) atoms. The van der Waals surface area contributed by atoms with Gasteiger partial charge in [0.05, 0.1) is 5.02 Å². The third kappa shape index (κ3) is 4.31. The van der Waals surface area contributed by atoms with Gasteiger partial charge in [0.15, 0.2) is 0 Å². The molecule has 5 nitrogen and oxygen atoms in total. The van der Waals surface area contributed by atoms with Crippen molar-refractivity contribution in [1.82, 2.24) is 4.31 Å². The molecule has 154 valence electrons. The minimum Gasteiger partial charge on any atom is -0.326 e. The van der Waals surface area contributed by atoms with Gasteiger partial charge in [-0.15, -0.1) is 0 Å². The van der Waals surface area contributed by atoms with Gasteiger partial charge in [0.2, 0.25) is 15.9 Å². The molecule has 1 heterocycles. The summed E-state index contributed by atoms with van der Waals surface area (Å²) in [4.78, 5) is 12.7. The van der Waals surface area contributed by atoms with E-state index in [1.54, 1.807) is 6.07 Å². The SMILES string of the molecule is O=C(Nc1ccc2c(c1)CCC2)C1CCN(S(=O)(=O)c2cc(Cl)ccc2Cl)CC1. The average molecular weight is 453 g/mol. The van der Waals surface area contributed by atoms with Crippen molar-refractivity contribution in [1.29, 1.82) is 0 Å². The zero-order valence-electron chi connectivity index (χ0n) is 15.8.